The second-order valence-corrected chi connectivity index (χ2v) is 12.8. The summed E-state index contributed by atoms with van der Waals surface area (Å²) < 4.78 is 27.8. The van der Waals surface area contributed by atoms with Crippen molar-refractivity contribution in [1.82, 2.24) is 14.1 Å². The van der Waals surface area contributed by atoms with Crippen molar-refractivity contribution in [3.05, 3.63) is 58.0 Å². The predicted molar refractivity (Wildman–Crippen MR) is 143 cm³/mol. The summed E-state index contributed by atoms with van der Waals surface area (Å²) in [6, 6.07) is 9.10. The molecule has 0 atom stereocenters. The van der Waals surface area contributed by atoms with Gasteiger partial charge in [-0.3, -0.25) is 15.0 Å². The number of piperazine rings is 1. The van der Waals surface area contributed by atoms with Crippen LogP contribution < -0.4 is 0 Å². The molecule has 2 saturated heterocycles. The van der Waals surface area contributed by atoms with Gasteiger partial charge in [-0.25, -0.2) is 8.42 Å². The van der Waals surface area contributed by atoms with Crippen molar-refractivity contribution in [3.63, 3.8) is 0 Å². The van der Waals surface area contributed by atoms with E-state index in [-0.39, 0.29) is 29.1 Å². The van der Waals surface area contributed by atoms with E-state index in [1.807, 2.05) is 55.2 Å². The minimum atomic E-state index is -3.74. The van der Waals surface area contributed by atoms with Gasteiger partial charge in [0.15, 0.2) is 0 Å². The van der Waals surface area contributed by atoms with Crippen molar-refractivity contribution >= 4 is 45.1 Å². The summed E-state index contributed by atoms with van der Waals surface area (Å²) in [6.07, 6.45) is 4.81. The fourth-order valence-electron chi connectivity index (χ4n) is 4.65. The lowest BCUT2D eigenvalue weighted by Gasteiger charge is -2.33. The number of aliphatic carboxylic acids is 1. The lowest BCUT2D eigenvalue weighted by molar-refractivity contribution is -0.143. The molecule has 1 aromatic carbocycles. The number of aryl methyl sites for hydroxylation is 1. The lowest BCUT2D eigenvalue weighted by atomic mass is 9.96. The molecule has 0 saturated carbocycles. The van der Waals surface area contributed by atoms with Gasteiger partial charge >= 0.3 is 5.97 Å². The van der Waals surface area contributed by atoms with Gasteiger partial charge in [-0.05, 0) is 43.9 Å². The number of likely N-dealkylation sites (tertiary alicyclic amines) is 1. The molecule has 2 fully saturated rings. The molecule has 9 nitrogen and oxygen atoms in total. The third-order valence-corrected chi connectivity index (χ3v) is 10.3. The van der Waals surface area contributed by atoms with Crippen LogP contribution in [-0.4, -0.2) is 78.1 Å². The fraction of sp³-hybridized carbons (Fsp3) is 0.423. The molecule has 1 aromatic heterocycles. The molecule has 0 spiro atoms. The van der Waals surface area contributed by atoms with E-state index < -0.39 is 16.0 Å². The number of hydrogen-bond acceptors (Lipinski definition) is 6. The van der Waals surface area contributed by atoms with E-state index in [0.29, 0.717) is 44.9 Å². The third-order valence-electron chi connectivity index (χ3n) is 6.92. The van der Waals surface area contributed by atoms with Crippen molar-refractivity contribution in [2.24, 2.45) is 5.92 Å². The molecule has 3 heterocycles. The number of thiophene rings is 1. The van der Waals surface area contributed by atoms with Crippen molar-refractivity contribution in [3.8, 4) is 0 Å². The van der Waals surface area contributed by atoms with Gasteiger partial charge in [0.2, 0.25) is 5.91 Å². The van der Waals surface area contributed by atoms with E-state index in [9.17, 15) is 18.0 Å². The van der Waals surface area contributed by atoms with E-state index in [0.717, 1.165) is 21.6 Å². The van der Waals surface area contributed by atoms with E-state index in [1.165, 1.54) is 15.6 Å². The molecular weight excluding hydrogens is 512 g/mol. The van der Waals surface area contributed by atoms with E-state index in [1.54, 1.807) is 11.0 Å². The van der Waals surface area contributed by atoms with Gasteiger partial charge in [0.25, 0.3) is 10.0 Å². The van der Waals surface area contributed by atoms with Crippen LogP contribution in [0.3, 0.4) is 0 Å². The van der Waals surface area contributed by atoms with E-state index >= 15 is 0 Å². The Hall–Kier alpha value is -3.02. The highest BCUT2D eigenvalue weighted by atomic mass is 32.2. The van der Waals surface area contributed by atoms with Gasteiger partial charge < -0.3 is 14.9 Å². The van der Waals surface area contributed by atoms with Crippen LogP contribution in [0.2, 0.25) is 0 Å². The van der Waals surface area contributed by atoms with Gasteiger partial charge in [0.05, 0.1) is 12.5 Å². The Labute approximate surface area is 221 Å². The third kappa shape index (κ3) is 5.94. The number of carbonyl (C=O) groups is 2. The minimum absolute atomic E-state index is 0.187. The number of amides is 1. The van der Waals surface area contributed by atoms with Gasteiger partial charge in [0, 0.05) is 43.2 Å². The Bertz CT molecular complexity index is 1310. The number of benzene rings is 1. The largest absolute Gasteiger partial charge is 0.481 e. The summed E-state index contributed by atoms with van der Waals surface area (Å²) >= 11 is 1.22. The van der Waals surface area contributed by atoms with Gasteiger partial charge in [0.1, 0.15) is 10.0 Å². The highest BCUT2D eigenvalue weighted by molar-refractivity contribution is 7.91. The second-order valence-electron chi connectivity index (χ2n) is 9.38. The standard InChI is InChI=1S/C26H32N4O5S2/c1-3-4-22-15-24(36-18(22)2)37(34,35)30-14-13-29(23(31)17-30)16-19-5-7-20(8-6-19)25(27)28-11-9-21(10-12-28)26(32)33/h3-8,15,21,27H,9-14,16-17H2,1-2H3,(H,32,33)/b4-3-,27-25?. The molecule has 2 aliphatic heterocycles. The number of carbonyl (C=O) groups excluding carboxylic acids is 1. The summed E-state index contributed by atoms with van der Waals surface area (Å²) in [6.45, 7) is 5.58. The highest BCUT2D eigenvalue weighted by Gasteiger charge is 2.34. The molecule has 1 amide bonds. The monoisotopic (exact) mass is 544 g/mol. The number of piperidine rings is 1. The Kier molecular flexibility index (Phi) is 8.15. The summed E-state index contributed by atoms with van der Waals surface area (Å²) in [4.78, 5) is 28.5. The number of allylic oxidation sites excluding steroid dienone is 1. The van der Waals surface area contributed by atoms with Crippen LogP contribution >= 0.6 is 11.3 Å². The number of hydrogen-bond donors (Lipinski definition) is 2. The number of nitrogens with one attached hydrogen (secondary N) is 1. The van der Waals surface area contributed by atoms with Crippen LogP contribution in [0.25, 0.3) is 6.08 Å². The smallest absolute Gasteiger partial charge is 0.306 e. The van der Waals surface area contributed by atoms with Crippen LogP contribution in [0, 0.1) is 18.3 Å². The number of carboxylic acid groups (broad SMARTS) is 1. The zero-order valence-electron chi connectivity index (χ0n) is 21.0. The first-order valence-corrected chi connectivity index (χ1v) is 14.5. The fourth-order valence-corrected chi connectivity index (χ4v) is 7.63. The number of nitrogens with zero attached hydrogens (tertiary/aromatic N) is 3. The molecule has 0 radical (unpaired) electrons. The number of sulfonamides is 1. The zero-order valence-corrected chi connectivity index (χ0v) is 22.6. The minimum Gasteiger partial charge on any atom is -0.481 e. The second kappa shape index (κ2) is 11.2. The molecule has 198 valence electrons. The molecule has 2 aliphatic rings. The van der Waals surface area contributed by atoms with Crippen LogP contribution in [0.4, 0.5) is 0 Å². The lowest BCUT2D eigenvalue weighted by Crippen LogP contribution is -2.51. The Balaban J connectivity index is 1.34. The first-order valence-electron chi connectivity index (χ1n) is 12.3. The van der Waals surface area contributed by atoms with Crippen LogP contribution in [0.1, 0.15) is 41.3 Å². The van der Waals surface area contributed by atoms with Crippen molar-refractivity contribution in [1.29, 1.82) is 5.41 Å². The van der Waals surface area contributed by atoms with E-state index in [4.69, 9.17) is 10.5 Å². The Morgan fingerprint density at radius 1 is 1.16 bits per heavy atom. The molecule has 11 heteroatoms. The average molecular weight is 545 g/mol. The number of rotatable bonds is 7. The first kappa shape index (κ1) is 27.0. The molecule has 37 heavy (non-hydrogen) atoms. The Morgan fingerprint density at radius 2 is 1.84 bits per heavy atom. The van der Waals surface area contributed by atoms with E-state index in [2.05, 4.69) is 0 Å². The zero-order chi connectivity index (χ0) is 26.7. The summed E-state index contributed by atoms with van der Waals surface area (Å²) in [5.74, 6) is -0.991. The van der Waals surface area contributed by atoms with Crippen LogP contribution in [-0.2, 0) is 26.2 Å². The molecule has 2 aromatic rings. The number of amidine groups is 1. The maximum Gasteiger partial charge on any atom is 0.306 e. The maximum atomic E-state index is 13.1. The topological polar surface area (TPSA) is 122 Å². The Morgan fingerprint density at radius 3 is 2.43 bits per heavy atom. The molecule has 2 N–H and O–H groups in total. The molecular formula is C26H32N4O5S2. The van der Waals surface area contributed by atoms with Crippen LogP contribution in [0.15, 0.2) is 40.6 Å². The number of carboxylic acids is 1. The van der Waals surface area contributed by atoms with Crippen molar-refractivity contribution in [2.45, 2.75) is 37.4 Å². The SMILES string of the molecule is C/C=C\c1cc(S(=O)(=O)N2CCN(Cc3ccc(C(=N)N4CCC(C(=O)O)CC4)cc3)C(=O)C2)sc1C. The predicted octanol–water partition coefficient (Wildman–Crippen LogP) is 3.24. The highest BCUT2D eigenvalue weighted by Crippen LogP contribution is 2.30. The average Bonchev–Trinajstić information content (AvgIpc) is 3.26. The van der Waals surface area contributed by atoms with Crippen molar-refractivity contribution < 1.29 is 23.1 Å². The summed E-state index contributed by atoms with van der Waals surface area (Å²) in [5.41, 5.74) is 2.51. The molecule has 0 aliphatic carbocycles. The summed E-state index contributed by atoms with van der Waals surface area (Å²) in [7, 11) is -3.74. The molecule has 0 unspecified atom stereocenters. The van der Waals surface area contributed by atoms with Crippen molar-refractivity contribution in [2.75, 3.05) is 32.7 Å². The maximum absolute atomic E-state index is 13.1. The quantitative estimate of drug-likeness (QED) is 0.408. The first-order chi connectivity index (χ1) is 17.6. The normalized spacial score (nSPS) is 18.1. The molecule has 4 rings (SSSR count). The van der Waals surface area contributed by atoms with Crippen LogP contribution in [0.5, 0.6) is 0 Å². The summed E-state index contributed by atoms with van der Waals surface area (Å²) in [5, 5.41) is 17.7. The van der Waals surface area contributed by atoms with Gasteiger partial charge in [-0.15, -0.1) is 11.3 Å². The van der Waals surface area contributed by atoms with Gasteiger partial charge in [-0.2, -0.15) is 4.31 Å². The molecule has 0 bridgehead atoms. The van der Waals surface area contributed by atoms with Gasteiger partial charge in [-0.1, -0.05) is 36.4 Å².